The smallest absolute Gasteiger partial charge is 0.490 e. The Morgan fingerprint density at radius 3 is 2.30 bits per heavy atom. The van der Waals surface area contributed by atoms with Crippen LogP contribution in [0, 0.1) is 0 Å². The first kappa shape index (κ1) is 20.9. The van der Waals surface area contributed by atoms with Gasteiger partial charge in [-0.05, 0) is 74.0 Å². The highest BCUT2D eigenvalue weighted by atomic mass is 16.7. The zero-order chi connectivity index (χ0) is 21.2. The van der Waals surface area contributed by atoms with Gasteiger partial charge in [0.1, 0.15) is 11.5 Å². The molecule has 3 aromatic carbocycles. The van der Waals surface area contributed by atoms with Gasteiger partial charge in [-0.3, -0.25) is 4.99 Å². The van der Waals surface area contributed by atoms with E-state index in [0.29, 0.717) is 18.1 Å². The zero-order valence-electron chi connectivity index (χ0n) is 16.9. The highest BCUT2D eigenvalue weighted by Gasteiger charge is 2.11. The van der Waals surface area contributed by atoms with Crippen LogP contribution >= 0.6 is 0 Å². The Hall–Kier alpha value is -3.80. The molecule has 0 aliphatic rings. The van der Waals surface area contributed by atoms with E-state index < -0.39 is 6.16 Å². The van der Waals surface area contributed by atoms with Gasteiger partial charge in [0.25, 0.3) is 0 Å². The van der Waals surface area contributed by atoms with Gasteiger partial charge in [0.05, 0.1) is 18.9 Å². The van der Waals surface area contributed by atoms with Crippen LogP contribution in [0.15, 0.2) is 77.8 Å². The maximum absolute atomic E-state index is 11.6. The molecule has 6 heteroatoms. The highest BCUT2D eigenvalue weighted by molar-refractivity contribution is 5.83. The second-order valence-electron chi connectivity index (χ2n) is 6.09. The molecule has 0 aliphatic heterocycles. The van der Waals surface area contributed by atoms with Crippen LogP contribution in [0.4, 0.5) is 10.5 Å². The van der Waals surface area contributed by atoms with Gasteiger partial charge in [-0.2, -0.15) is 0 Å². The molecule has 0 unspecified atom stereocenters. The predicted octanol–water partition coefficient (Wildman–Crippen LogP) is 6.16. The molecule has 3 rings (SSSR count). The maximum Gasteiger partial charge on any atom is 0.513 e. The topological polar surface area (TPSA) is 66.4 Å². The minimum absolute atomic E-state index is 0.239. The molecule has 0 bridgehead atoms. The zero-order valence-corrected chi connectivity index (χ0v) is 16.9. The van der Waals surface area contributed by atoms with E-state index in [1.54, 1.807) is 31.3 Å². The summed E-state index contributed by atoms with van der Waals surface area (Å²) in [6, 6.07) is 22.3. The van der Waals surface area contributed by atoms with E-state index in [-0.39, 0.29) is 6.61 Å². The van der Waals surface area contributed by atoms with Crippen molar-refractivity contribution < 1.29 is 23.7 Å². The Bertz CT molecular complexity index is 984. The van der Waals surface area contributed by atoms with Crippen molar-refractivity contribution in [2.75, 3.05) is 13.2 Å². The molecule has 0 spiro atoms. The molecule has 0 saturated heterocycles. The number of benzene rings is 3. The first-order valence-corrected chi connectivity index (χ1v) is 9.66. The largest absolute Gasteiger partial charge is 0.513 e. The quantitative estimate of drug-likeness (QED) is 0.255. The molecule has 0 aromatic heterocycles. The van der Waals surface area contributed by atoms with E-state index in [9.17, 15) is 4.79 Å². The lowest BCUT2D eigenvalue weighted by molar-refractivity contribution is 0.103. The summed E-state index contributed by atoms with van der Waals surface area (Å²) >= 11 is 0. The summed E-state index contributed by atoms with van der Waals surface area (Å²) in [5, 5.41) is 0. The summed E-state index contributed by atoms with van der Waals surface area (Å²) in [4.78, 5) is 16.0. The third-order valence-electron chi connectivity index (χ3n) is 3.90. The van der Waals surface area contributed by atoms with E-state index in [2.05, 4.69) is 4.99 Å². The third-order valence-corrected chi connectivity index (χ3v) is 3.90. The first-order chi connectivity index (χ1) is 14.7. The fourth-order valence-electron chi connectivity index (χ4n) is 2.57. The van der Waals surface area contributed by atoms with Gasteiger partial charge in [0.2, 0.25) is 0 Å². The lowest BCUT2D eigenvalue weighted by atomic mass is 10.2. The standard InChI is InChI=1S/C24H23NO5/c1-3-27-23-16-18(10-15-22(23)30-24(26)28-4-2)17-25-19-11-13-21(14-12-19)29-20-8-6-5-7-9-20/h5-17H,3-4H2,1-2H3. The molecule has 0 heterocycles. The van der Waals surface area contributed by atoms with Crippen LogP contribution in [-0.4, -0.2) is 25.6 Å². The molecule has 0 saturated carbocycles. The van der Waals surface area contributed by atoms with Crippen LogP contribution in [0.2, 0.25) is 0 Å². The number of para-hydroxylation sites is 1. The predicted molar refractivity (Wildman–Crippen MR) is 115 cm³/mol. The van der Waals surface area contributed by atoms with Crippen LogP contribution in [0.5, 0.6) is 23.0 Å². The average molecular weight is 405 g/mol. The van der Waals surface area contributed by atoms with Gasteiger partial charge < -0.3 is 18.9 Å². The molecule has 0 fully saturated rings. The van der Waals surface area contributed by atoms with Gasteiger partial charge in [-0.25, -0.2) is 4.79 Å². The number of nitrogens with zero attached hydrogens (tertiary/aromatic N) is 1. The van der Waals surface area contributed by atoms with Crippen LogP contribution in [0.25, 0.3) is 0 Å². The fraction of sp³-hybridized carbons (Fsp3) is 0.167. The Morgan fingerprint density at radius 1 is 0.867 bits per heavy atom. The monoisotopic (exact) mass is 405 g/mol. The SMILES string of the molecule is CCOC(=O)Oc1ccc(C=Nc2ccc(Oc3ccccc3)cc2)cc1OCC. The van der Waals surface area contributed by atoms with Crippen molar-refractivity contribution >= 4 is 18.1 Å². The second kappa shape index (κ2) is 10.7. The molecular formula is C24H23NO5. The summed E-state index contributed by atoms with van der Waals surface area (Å²) in [5.41, 5.74) is 1.58. The van der Waals surface area contributed by atoms with E-state index in [4.69, 9.17) is 18.9 Å². The van der Waals surface area contributed by atoms with Crippen molar-refractivity contribution in [1.29, 1.82) is 0 Å². The molecule has 0 atom stereocenters. The Kier molecular flexibility index (Phi) is 7.44. The van der Waals surface area contributed by atoms with E-state index in [0.717, 1.165) is 22.7 Å². The molecule has 0 amide bonds. The number of ether oxygens (including phenoxy) is 4. The number of hydrogen-bond donors (Lipinski definition) is 0. The minimum Gasteiger partial charge on any atom is -0.490 e. The molecule has 30 heavy (non-hydrogen) atoms. The summed E-state index contributed by atoms with van der Waals surface area (Å²) in [6.45, 7) is 4.24. The highest BCUT2D eigenvalue weighted by Crippen LogP contribution is 2.29. The summed E-state index contributed by atoms with van der Waals surface area (Å²) in [6.07, 6.45) is 0.946. The van der Waals surface area contributed by atoms with Crippen LogP contribution in [0.3, 0.4) is 0 Å². The van der Waals surface area contributed by atoms with Gasteiger partial charge >= 0.3 is 6.16 Å². The Labute approximate surface area is 175 Å². The van der Waals surface area contributed by atoms with Crippen molar-refractivity contribution in [2.45, 2.75) is 13.8 Å². The van der Waals surface area contributed by atoms with E-state index in [1.165, 1.54) is 0 Å². The van der Waals surface area contributed by atoms with Gasteiger partial charge in [-0.15, -0.1) is 0 Å². The van der Waals surface area contributed by atoms with E-state index >= 15 is 0 Å². The Balaban J connectivity index is 1.68. The third kappa shape index (κ3) is 6.10. The molecule has 154 valence electrons. The van der Waals surface area contributed by atoms with Crippen molar-refractivity contribution in [2.24, 2.45) is 4.99 Å². The lowest BCUT2D eigenvalue weighted by Crippen LogP contribution is -2.11. The number of carbonyl (C=O) groups excluding carboxylic acids is 1. The average Bonchev–Trinajstić information content (AvgIpc) is 2.76. The van der Waals surface area contributed by atoms with Crippen molar-refractivity contribution in [3.05, 3.63) is 78.4 Å². The van der Waals surface area contributed by atoms with Crippen LogP contribution in [0.1, 0.15) is 19.4 Å². The van der Waals surface area contributed by atoms with Crippen LogP contribution in [-0.2, 0) is 4.74 Å². The fourth-order valence-corrected chi connectivity index (χ4v) is 2.57. The summed E-state index contributed by atoms with van der Waals surface area (Å²) in [5.74, 6) is 2.26. The molecule has 3 aromatic rings. The van der Waals surface area contributed by atoms with Gasteiger partial charge in [0, 0.05) is 6.21 Å². The molecular weight excluding hydrogens is 382 g/mol. The number of carbonyl (C=O) groups is 1. The number of aliphatic imine (C=N–C) groups is 1. The number of hydrogen-bond acceptors (Lipinski definition) is 6. The second-order valence-corrected chi connectivity index (χ2v) is 6.09. The molecule has 0 aliphatic carbocycles. The Morgan fingerprint density at radius 2 is 1.60 bits per heavy atom. The van der Waals surface area contributed by atoms with Crippen molar-refractivity contribution in [3.8, 4) is 23.0 Å². The minimum atomic E-state index is -0.766. The summed E-state index contributed by atoms with van der Waals surface area (Å²) < 4.78 is 21.3. The van der Waals surface area contributed by atoms with Gasteiger partial charge in [-0.1, -0.05) is 18.2 Å². The number of rotatable bonds is 8. The van der Waals surface area contributed by atoms with E-state index in [1.807, 2.05) is 61.5 Å². The first-order valence-electron chi connectivity index (χ1n) is 9.66. The normalized spacial score (nSPS) is 10.6. The van der Waals surface area contributed by atoms with Gasteiger partial charge in [0.15, 0.2) is 11.5 Å². The van der Waals surface area contributed by atoms with Crippen LogP contribution < -0.4 is 14.2 Å². The molecule has 6 nitrogen and oxygen atoms in total. The van der Waals surface area contributed by atoms with Crippen molar-refractivity contribution in [3.63, 3.8) is 0 Å². The summed E-state index contributed by atoms with van der Waals surface area (Å²) in [7, 11) is 0. The maximum atomic E-state index is 11.6. The lowest BCUT2D eigenvalue weighted by Gasteiger charge is -2.11. The molecule has 0 radical (unpaired) electrons. The molecule has 0 N–H and O–H groups in total. The van der Waals surface area contributed by atoms with Crippen molar-refractivity contribution in [1.82, 2.24) is 0 Å².